The maximum absolute atomic E-state index is 12.5. The molecule has 27 heavy (non-hydrogen) atoms. The van der Waals surface area contributed by atoms with Crippen LogP contribution in [0.3, 0.4) is 0 Å². The van der Waals surface area contributed by atoms with Crippen molar-refractivity contribution >= 4 is 40.9 Å². The minimum atomic E-state index is -0.263. The van der Waals surface area contributed by atoms with Gasteiger partial charge in [0.2, 0.25) is 5.91 Å². The Balaban J connectivity index is 1.44. The molecule has 0 spiro atoms. The van der Waals surface area contributed by atoms with Gasteiger partial charge in [-0.15, -0.1) is 11.8 Å². The van der Waals surface area contributed by atoms with Crippen molar-refractivity contribution in [1.82, 2.24) is 4.90 Å². The number of hydrogen-bond acceptors (Lipinski definition) is 4. The molecule has 0 saturated carbocycles. The van der Waals surface area contributed by atoms with Crippen molar-refractivity contribution in [3.8, 4) is 0 Å². The van der Waals surface area contributed by atoms with Gasteiger partial charge in [0.15, 0.2) is 0 Å². The van der Waals surface area contributed by atoms with E-state index in [-0.39, 0.29) is 17.7 Å². The number of anilines is 2. The summed E-state index contributed by atoms with van der Waals surface area (Å²) in [6, 6.07) is 12.2. The van der Waals surface area contributed by atoms with E-state index in [0.29, 0.717) is 28.3 Å². The van der Waals surface area contributed by atoms with Crippen LogP contribution in [0.2, 0.25) is 0 Å². The van der Waals surface area contributed by atoms with Crippen molar-refractivity contribution in [3.05, 3.63) is 53.6 Å². The third-order valence-electron chi connectivity index (χ3n) is 4.66. The summed E-state index contributed by atoms with van der Waals surface area (Å²) in [5, 5.41) is 5.61. The zero-order valence-corrected chi connectivity index (χ0v) is 15.5. The van der Waals surface area contributed by atoms with Crippen LogP contribution < -0.4 is 10.6 Å². The van der Waals surface area contributed by atoms with E-state index in [9.17, 15) is 14.4 Å². The Morgan fingerprint density at radius 3 is 2.44 bits per heavy atom. The summed E-state index contributed by atoms with van der Waals surface area (Å²) in [7, 11) is 0. The van der Waals surface area contributed by atoms with Crippen molar-refractivity contribution in [2.24, 2.45) is 0 Å². The summed E-state index contributed by atoms with van der Waals surface area (Å²) < 4.78 is 0. The predicted molar refractivity (Wildman–Crippen MR) is 105 cm³/mol. The Labute approximate surface area is 161 Å². The van der Waals surface area contributed by atoms with Crippen LogP contribution in [0.15, 0.2) is 47.4 Å². The second-order valence-corrected chi connectivity index (χ2v) is 7.60. The van der Waals surface area contributed by atoms with Crippen LogP contribution in [0, 0.1) is 0 Å². The largest absolute Gasteiger partial charge is 0.339 e. The molecule has 138 valence electrons. The molecular weight excluding hydrogens is 362 g/mol. The minimum Gasteiger partial charge on any atom is -0.339 e. The first-order valence-electron chi connectivity index (χ1n) is 8.87. The smallest absolute Gasteiger partial charge is 0.255 e. The van der Waals surface area contributed by atoms with Gasteiger partial charge in [0, 0.05) is 34.8 Å². The number of hydrogen-bond donors (Lipinski definition) is 2. The zero-order chi connectivity index (χ0) is 18.8. The van der Waals surface area contributed by atoms with E-state index >= 15 is 0 Å². The van der Waals surface area contributed by atoms with Crippen LogP contribution >= 0.6 is 11.8 Å². The molecule has 0 unspecified atom stereocenters. The Morgan fingerprint density at radius 2 is 1.70 bits per heavy atom. The van der Waals surface area contributed by atoms with Gasteiger partial charge in [0.1, 0.15) is 0 Å². The van der Waals surface area contributed by atoms with E-state index in [1.807, 2.05) is 11.0 Å². The highest BCUT2D eigenvalue weighted by Crippen LogP contribution is 2.32. The average molecular weight is 381 g/mol. The number of carbonyl (C=O) groups excluding carboxylic acids is 3. The zero-order valence-electron chi connectivity index (χ0n) is 14.7. The van der Waals surface area contributed by atoms with Crippen LogP contribution in [-0.2, 0) is 4.79 Å². The predicted octanol–water partition coefficient (Wildman–Crippen LogP) is 3.22. The van der Waals surface area contributed by atoms with Crippen LogP contribution in [0.4, 0.5) is 11.4 Å². The van der Waals surface area contributed by atoms with E-state index in [2.05, 4.69) is 10.6 Å². The third kappa shape index (κ3) is 3.83. The van der Waals surface area contributed by atoms with Gasteiger partial charge < -0.3 is 15.5 Å². The van der Waals surface area contributed by atoms with Crippen molar-refractivity contribution in [2.75, 3.05) is 29.5 Å². The fraction of sp³-hybridized carbons (Fsp3) is 0.250. The molecule has 0 radical (unpaired) electrons. The molecule has 1 fully saturated rings. The number of rotatable bonds is 3. The van der Waals surface area contributed by atoms with Crippen molar-refractivity contribution < 1.29 is 14.4 Å². The molecule has 3 amide bonds. The molecule has 2 aromatic rings. The Morgan fingerprint density at radius 1 is 1.00 bits per heavy atom. The number of amides is 3. The molecule has 1 saturated heterocycles. The lowest BCUT2D eigenvalue weighted by molar-refractivity contribution is -0.113. The summed E-state index contributed by atoms with van der Waals surface area (Å²) in [6.45, 7) is 1.62. The summed E-state index contributed by atoms with van der Waals surface area (Å²) in [5.74, 6) is 0.0963. The lowest BCUT2D eigenvalue weighted by atomic mass is 10.1. The highest BCUT2D eigenvalue weighted by atomic mass is 32.2. The van der Waals surface area contributed by atoms with Gasteiger partial charge in [-0.1, -0.05) is 0 Å². The van der Waals surface area contributed by atoms with Gasteiger partial charge >= 0.3 is 0 Å². The fourth-order valence-corrected chi connectivity index (χ4v) is 4.02. The number of nitrogens with one attached hydrogen (secondary N) is 2. The second-order valence-electron chi connectivity index (χ2n) is 6.58. The van der Waals surface area contributed by atoms with Crippen molar-refractivity contribution in [1.29, 1.82) is 0 Å². The molecular formula is C20H19N3O3S. The molecule has 7 heteroatoms. The number of carbonyl (C=O) groups is 3. The molecule has 6 nitrogen and oxygen atoms in total. The minimum absolute atomic E-state index is 0.0355. The average Bonchev–Trinajstić information content (AvgIpc) is 3.22. The summed E-state index contributed by atoms with van der Waals surface area (Å²) >= 11 is 1.46. The van der Waals surface area contributed by atoms with Crippen LogP contribution in [0.25, 0.3) is 0 Å². The lowest BCUT2D eigenvalue weighted by Gasteiger charge is -2.17. The van der Waals surface area contributed by atoms with Gasteiger partial charge in [0.25, 0.3) is 11.8 Å². The van der Waals surface area contributed by atoms with E-state index < -0.39 is 0 Å². The van der Waals surface area contributed by atoms with Crippen molar-refractivity contribution in [3.63, 3.8) is 0 Å². The molecule has 2 aliphatic heterocycles. The Hall–Kier alpha value is -2.80. The van der Waals surface area contributed by atoms with E-state index in [4.69, 9.17) is 0 Å². The number of likely N-dealkylation sites (tertiary alicyclic amines) is 1. The second kappa shape index (κ2) is 7.44. The number of nitrogens with zero attached hydrogens (tertiary/aromatic N) is 1. The molecule has 0 aliphatic carbocycles. The number of fused-ring (bicyclic) bond motifs is 1. The van der Waals surface area contributed by atoms with Gasteiger partial charge in [-0.05, 0) is 55.3 Å². The van der Waals surface area contributed by atoms with E-state index in [1.165, 1.54) is 11.8 Å². The molecule has 0 aromatic heterocycles. The quantitative estimate of drug-likeness (QED) is 0.856. The molecule has 2 aromatic carbocycles. The fourth-order valence-electron chi connectivity index (χ4n) is 3.23. The van der Waals surface area contributed by atoms with Crippen LogP contribution in [0.1, 0.15) is 33.6 Å². The summed E-state index contributed by atoms with van der Waals surface area (Å²) in [5.41, 5.74) is 2.38. The van der Waals surface area contributed by atoms with Crippen LogP contribution in [0.5, 0.6) is 0 Å². The number of thioether (sulfide) groups is 1. The first-order valence-corrected chi connectivity index (χ1v) is 9.86. The van der Waals surface area contributed by atoms with Gasteiger partial charge in [-0.2, -0.15) is 0 Å². The molecule has 2 N–H and O–H groups in total. The lowest BCUT2D eigenvalue weighted by Crippen LogP contribution is -2.27. The first kappa shape index (κ1) is 17.6. The van der Waals surface area contributed by atoms with Gasteiger partial charge in [-0.3, -0.25) is 14.4 Å². The SMILES string of the molecule is O=C1CSc2ccc(C(=O)Nc3ccc(C(=O)N4CCCC4)cc3)cc2N1. The standard InChI is InChI=1S/C20H19N3O3S/c24-18-12-27-17-8-5-14(11-16(17)22-18)19(25)21-15-6-3-13(4-7-15)20(26)23-9-1-2-10-23/h3-8,11H,1-2,9-10,12H2,(H,21,25)(H,22,24). The van der Waals surface area contributed by atoms with Crippen LogP contribution in [-0.4, -0.2) is 41.5 Å². The van der Waals surface area contributed by atoms with Gasteiger partial charge in [-0.25, -0.2) is 0 Å². The Kier molecular flexibility index (Phi) is 4.85. The molecule has 4 rings (SSSR count). The maximum Gasteiger partial charge on any atom is 0.255 e. The molecule has 0 atom stereocenters. The third-order valence-corrected chi connectivity index (χ3v) is 5.73. The maximum atomic E-state index is 12.5. The van der Waals surface area contributed by atoms with Gasteiger partial charge in [0.05, 0.1) is 11.4 Å². The summed E-state index contributed by atoms with van der Waals surface area (Å²) in [6.07, 6.45) is 2.11. The van der Waals surface area contributed by atoms with E-state index in [1.54, 1.807) is 36.4 Å². The molecule has 2 heterocycles. The highest BCUT2D eigenvalue weighted by Gasteiger charge is 2.20. The monoisotopic (exact) mass is 381 g/mol. The molecule has 0 bridgehead atoms. The van der Waals surface area contributed by atoms with Crippen molar-refractivity contribution in [2.45, 2.75) is 17.7 Å². The van der Waals surface area contributed by atoms with E-state index in [0.717, 1.165) is 30.8 Å². The Bertz CT molecular complexity index is 905. The highest BCUT2D eigenvalue weighted by molar-refractivity contribution is 8.00. The molecule has 2 aliphatic rings. The normalized spacial score (nSPS) is 15.9. The summed E-state index contributed by atoms with van der Waals surface area (Å²) in [4.78, 5) is 39.2. The topological polar surface area (TPSA) is 78.5 Å². The first-order chi connectivity index (χ1) is 13.1. The number of benzene rings is 2.